The van der Waals surface area contributed by atoms with E-state index in [2.05, 4.69) is 0 Å². The number of carboxylic acid groups (broad SMARTS) is 1. The number of halogens is 2. The summed E-state index contributed by atoms with van der Waals surface area (Å²) < 4.78 is 16.4. The molecule has 0 bridgehead atoms. The van der Waals surface area contributed by atoms with Crippen LogP contribution in [0, 0.1) is 11.7 Å². The van der Waals surface area contributed by atoms with E-state index in [1.54, 1.807) is 28.8 Å². The largest absolute Gasteiger partial charge is 0.477 e. The first kappa shape index (κ1) is 25.2. The average Bonchev–Trinajstić information content (AvgIpc) is 3.24. The molecule has 0 amide bonds. The molecule has 0 radical (unpaired) electrons. The lowest BCUT2D eigenvalue weighted by Crippen LogP contribution is -2.27. The van der Waals surface area contributed by atoms with E-state index in [-0.39, 0.29) is 29.4 Å². The summed E-state index contributed by atoms with van der Waals surface area (Å²) in [6, 6.07) is 7.63. The molecule has 0 spiro atoms. The van der Waals surface area contributed by atoms with E-state index < -0.39 is 34.9 Å². The lowest BCUT2D eigenvalue weighted by Gasteiger charge is -2.27. The van der Waals surface area contributed by atoms with Crippen LogP contribution in [0.5, 0.6) is 0 Å². The van der Waals surface area contributed by atoms with Gasteiger partial charge in [0.1, 0.15) is 11.4 Å². The quantitative estimate of drug-likeness (QED) is 0.453. The van der Waals surface area contributed by atoms with Crippen LogP contribution in [0.15, 0.2) is 41.3 Å². The van der Waals surface area contributed by atoms with E-state index in [1.165, 1.54) is 12.3 Å². The first-order valence-corrected chi connectivity index (χ1v) is 11.9. The lowest BCUT2D eigenvalue weighted by atomic mass is 9.97. The maximum absolute atomic E-state index is 14.8. The first-order valence-electron chi connectivity index (χ1n) is 11.5. The van der Waals surface area contributed by atoms with Crippen LogP contribution >= 0.6 is 11.6 Å². The van der Waals surface area contributed by atoms with Gasteiger partial charge in [-0.2, -0.15) is 0 Å². The number of anilines is 1. The Labute approximate surface area is 207 Å². The molecule has 35 heavy (non-hydrogen) atoms. The minimum atomic E-state index is -1.36. The zero-order valence-electron chi connectivity index (χ0n) is 19.5. The van der Waals surface area contributed by atoms with Crippen molar-refractivity contribution < 1.29 is 24.5 Å². The van der Waals surface area contributed by atoms with Gasteiger partial charge in [-0.25, -0.2) is 9.18 Å². The molecule has 1 fully saturated rings. The fourth-order valence-corrected chi connectivity index (χ4v) is 4.96. The van der Waals surface area contributed by atoms with Gasteiger partial charge in [-0.1, -0.05) is 37.6 Å². The van der Waals surface area contributed by atoms with Crippen molar-refractivity contribution in [2.75, 3.05) is 24.6 Å². The summed E-state index contributed by atoms with van der Waals surface area (Å²) in [5, 5.41) is 30.1. The van der Waals surface area contributed by atoms with Crippen molar-refractivity contribution >= 4 is 34.2 Å². The number of pyridine rings is 1. The van der Waals surface area contributed by atoms with Gasteiger partial charge in [0.25, 0.3) is 0 Å². The molecule has 3 N–H and O–H groups in total. The molecule has 0 unspecified atom stereocenters. The Morgan fingerprint density at radius 2 is 2.00 bits per heavy atom. The van der Waals surface area contributed by atoms with E-state index in [9.17, 15) is 29.3 Å². The standard InChI is InChI=1S/C26H28ClFN2O5/c1-14(2)23(13-31)30-12-19(26(34)35)25(33)18-9-16(8-15-4-3-5-20(27)24(15)28)21(10-22(18)30)29-7-6-17(32)11-29/h3-5,9-10,12,14,17,23,31-32H,6-8,11,13H2,1-2H3,(H,34,35)/t17-,23+/m0/s1. The Morgan fingerprint density at radius 1 is 1.26 bits per heavy atom. The van der Waals surface area contributed by atoms with Crippen LogP contribution in [0.2, 0.25) is 5.02 Å². The maximum atomic E-state index is 14.8. The monoisotopic (exact) mass is 502 g/mol. The van der Waals surface area contributed by atoms with Gasteiger partial charge in [0, 0.05) is 36.8 Å². The van der Waals surface area contributed by atoms with Gasteiger partial charge in [0.15, 0.2) is 0 Å². The number of aromatic nitrogens is 1. The molecule has 2 aromatic carbocycles. The third-order valence-electron chi connectivity index (χ3n) is 6.69. The van der Waals surface area contributed by atoms with Crippen LogP contribution < -0.4 is 10.3 Å². The molecule has 9 heteroatoms. The summed E-state index contributed by atoms with van der Waals surface area (Å²) >= 11 is 5.98. The molecule has 2 heterocycles. The number of carboxylic acids is 1. The third kappa shape index (κ3) is 4.78. The predicted molar refractivity (Wildman–Crippen MR) is 133 cm³/mol. The van der Waals surface area contributed by atoms with E-state index in [0.717, 1.165) is 0 Å². The first-order chi connectivity index (χ1) is 16.6. The number of rotatable bonds is 7. The van der Waals surface area contributed by atoms with Crippen molar-refractivity contribution in [2.24, 2.45) is 5.92 Å². The molecular weight excluding hydrogens is 475 g/mol. The van der Waals surface area contributed by atoms with E-state index >= 15 is 0 Å². The highest BCUT2D eigenvalue weighted by Crippen LogP contribution is 2.34. The zero-order chi connectivity index (χ0) is 25.4. The molecular formula is C26H28ClFN2O5. The summed E-state index contributed by atoms with van der Waals surface area (Å²) in [6.07, 6.45) is 1.46. The number of aliphatic hydroxyl groups is 2. The molecule has 1 saturated heterocycles. The molecule has 1 aliphatic rings. The molecule has 4 rings (SSSR count). The zero-order valence-corrected chi connectivity index (χ0v) is 20.3. The highest BCUT2D eigenvalue weighted by Gasteiger charge is 2.27. The topological polar surface area (TPSA) is 103 Å². The van der Waals surface area contributed by atoms with Gasteiger partial charge >= 0.3 is 5.97 Å². The fraction of sp³-hybridized carbons (Fsp3) is 0.385. The van der Waals surface area contributed by atoms with Crippen molar-refractivity contribution in [2.45, 2.75) is 38.8 Å². The number of aliphatic hydroxyl groups excluding tert-OH is 2. The van der Waals surface area contributed by atoms with Gasteiger partial charge in [0.05, 0.1) is 29.3 Å². The van der Waals surface area contributed by atoms with Gasteiger partial charge < -0.3 is 24.8 Å². The maximum Gasteiger partial charge on any atom is 0.341 e. The molecule has 1 aliphatic heterocycles. The number of hydrogen-bond donors (Lipinski definition) is 3. The lowest BCUT2D eigenvalue weighted by molar-refractivity contribution is 0.0694. The Hall–Kier alpha value is -2.94. The van der Waals surface area contributed by atoms with Crippen molar-refractivity contribution in [1.82, 2.24) is 4.57 Å². The average molecular weight is 503 g/mol. The molecule has 186 valence electrons. The van der Waals surface area contributed by atoms with Crippen LogP contribution in [-0.2, 0) is 6.42 Å². The Kier molecular flexibility index (Phi) is 7.17. The molecule has 2 atom stereocenters. The normalized spacial score (nSPS) is 16.9. The van der Waals surface area contributed by atoms with Gasteiger partial charge in [-0.3, -0.25) is 4.79 Å². The molecule has 0 saturated carbocycles. The van der Waals surface area contributed by atoms with Crippen LogP contribution in [0.3, 0.4) is 0 Å². The number of benzene rings is 2. The van der Waals surface area contributed by atoms with Crippen LogP contribution in [0.25, 0.3) is 10.9 Å². The smallest absolute Gasteiger partial charge is 0.341 e. The summed E-state index contributed by atoms with van der Waals surface area (Å²) in [5.74, 6) is -1.97. The minimum absolute atomic E-state index is 0.0142. The number of aromatic carboxylic acids is 1. The number of fused-ring (bicyclic) bond motifs is 1. The second-order valence-corrected chi connectivity index (χ2v) is 9.76. The SMILES string of the molecule is CC(C)[C@@H](CO)n1cc(C(=O)O)c(=O)c2cc(Cc3cccc(Cl)c3F)c(N3CC[C@H](O)C3)cc21. The van der Waals surface area contributed by atoms with Gasteiger partial charge in [-0.15, -0.1) is 0 Å². The summed E-state index contributed by atoms with van der Waals surface area (Å²) in [5.41, 5.74) is 1.09. The van der Waals surface area contributed by atoms with Crippen LogP contribution in [0.4, 0.5) is 10.1 Å². The second kappa shape index (κ2) is 9.97. The molecule has 3 aromatic rings. The number of β-amino-alcohol motifs (C(OH)–C–C–N with tert-alkyl or cyclic N) is 1. The molecule has 1 aromatic heterocycles. The van der Waals surface area contributed by atoms with Crippen LogP contribution in [-0.4, -0.2) is 51.7 Å². The van der Waals surface area contributed by atoms with Crippen molar-refractivity contribution in [3.05, 3.63) is 74.3 Å². The third-order valence-corrected chi connectivity index (χ3v) is 6.99. The predicted octanol–water partition coefficient (Wildman–Crippen LogP) is 3.84. The van der Waals surface area contributed by atoms with Gasteiger partial charge in [0.2, 0.25) is 5.43 Å². The summed E-state index contributed by atoms with van der Waals surface area (Å²) in [4.78, 5) is 27.1. The van der Waals surface area contributed by atoms with E-state index in [1.807, 2.05) is 18.7 Å². The highest BCUT2D eigenvalue weighted by molar-refractivity contribution is 6.30. The second-order valence-electron chi connectivity index (χ2n) is 9.35. The van der Waals surface area contributed by atoms with Crippen molar-refractivity contribution in [3.63, 3.8) is 0 Å². The Bertz CT molecular complexity index is 1340. The highest BCUT2D eigenvalue weighted by atomic mass is 35.5. The molecule has 0 aliphatic carbocycles. The Balaban J connectivity index is 2.02. The number of carbonyl (C=O) groups is 1. The van der Waals surface area contributed by atoms with Crippen LogP contribution in [0.1, 0.15) is 47.8 Å². The summed E-state index contributed by atoms with van der Waals surface area (Å²) in [7, 11) is 0. The Morgan fingerprint density at radius 3 is 2.60 bits per heavy atom. The van der Waals surface area contributed by atoms with E-state index in [4.69, 9.17) is 11.6 Å². The fourth-order valence-electron chi connectivity index (χ4n) is 4.76. The molecule has 7 nitrogen and oxygen atoms in total. The van der Waals surface area contributed by atoms with Crippen molar-refractivity contribution in [3.8, 4) is 0 Å². The number of nitrogens with zero attached hydrogens (tertiary/aromatic N) is 2. The van der Waals surface area contributed by atoms with Crippen molar-refractivity contribution in [1.29, 1.82) is 0 Å². The van der Waals surface area contributed by atoms with Gasteiger partial charge in [-0.05, 0) is 41.7 Å². The minimum Gasteiger partial charge on any atom is -0.477 e. The number of hydrogen-bond acceptors (Lipinski definition) is 5. The summed E-state index contributed by atoms with van der Waals surface area (Å²) in [6.45, 7) is 4.50. The van der Waals surface area contributed by atoms with E-state index in [0.29, 0.717) is 41.8 Å².